The molecule has 3 heterocycles. The van der Waals surface area contributed by atoms with Crippen molar-refractivity contribution in [3.05, 3.63) is 84.8 Å². The number of pyridine rings is 2. The van der Waals surface area contributed by atoms with E-state index in [2.05, 4.69) is 25.3 Å². The van der Waals surface area contributed by atoms with Crippen molar-refractivity contribution in [2.45, 2.75) is 6.54 Å². The lowest BCUT2D eigenvalue weighted by molar-refractivity contribution is 0.0764. The highest BCUT2D eigenvalue weighted by Crippen LogP contribution is 2.24. The van der Waals surface area contributed by atoms with Gasteiger partial charge < -0.3 is 34.0 Å². The van der Waals surface area contributed by atoms with Gasteiger partial charge in [0.2, 0.25) is 0 Å². The zero-order valence-electron chi connectivity index (χ0n) is 22.4. The van der Waals surface area contributed by atoms with Crippen LogP contribution < -0.4 is 24.3 Å². The Kier molecular flexibility index (Phi) is 8.90. The number of rotatable bonds is 14. The number of aromatic amines is 1. The first-order valence-corrected chi connectivity index (χ1v) is 12.9. The molecule has 0 aliphatic rings. The van der Waals surface area contributed by atoms with E-state index in [1.54, 1.807) is 26.6 Å². The van der Waals surface area contributed by atoms with Crippen LogP contribution in [0.5, 0.6) is 23.0 Å². The van der Waals surface area contributed by atoms with E-state index in [1.807, 2.05) is 66.7 Å². The molecule has 40 heavy (non-hydrogen) atoms. The van der Waals surface area contributed by atoms with Gasteiger partial charge in [-0.25, -0.2) is 4.98 Å². The summed E-state index contributed by atoms with van der Waals surface area (Å²) in [4.78, 5) is 16.7. The van der Waals surface area contributed by atoms with E-state index in [9.17, 15) is 0 Å². The number of H-pyrrole nitrogens is 1. The number of hydrogen-bond donors (Lipinski definition) is 2. The maximum absolute atomic E-state index is 5.85. The zero-order valence-corrected chi connectivity index (χ0v) is 22.4. The molecular weight excluding hydrogens is 510 g/mol. The van der Waals surface area contributed by atoms with Gasteiger partial charge in [-0.1, -0.05) is 0 Å². The Morgan fingerprint density at radius 2 is 1.40 bits per heavy atom. The number of hydrogen-bond acceptors (Lipinski definition) is 9. The van der Waals surface area contributed by atoms with Crippen molar-refractivity contribution in [2.75, 3.05) is 46.0 Å². The fourth-order valence-electron chi connectivity index (χ4n) is 3.95. The van der Waals surface area contributed by atoms with E-state index in [-0.39, 0.29) is 0 Å². The third kappa shape index (κ3) is 7.17. The first-order valence-electron chi connectivity index (χ1n) is 12.9. The monoisotopic (exact) mass is 541 g/mol. The Morgan fingerprint density at radius 1 is 0.700 bits per heavy atom. The molecule has 206 valence electrons. The summed E-state index contributed by atoms with van der Waals surface area (Å²) in [6, 6.07) is 20.8. The van der Waals surface area contributed by atoms with Crippen LogP contribution in [0, 0.1) is 0 Å². The molecule has 0 radical (unpaired) electrons. The number of fused-ring (bicyclic) bond motifs is 1. The highest BCUT2D eigenvalue weighted by atomic mass is 16.5. The second-order valence-corrected chi connectivity index (χ2v) is 8.72. The predicted octanol–water partition coefficient (Wildman–Crippen LogP) is 5.12. The van der Waals surface area contributed by atoms with Crippen molar-refractivity contribution in [2.24, 2.45) is 0 Å². The van der Waals surface area contributed by atoms with E-state index in [0.29, 0.717) is 50.2 Å². The summed E-state index contributed by atoms with van der Waals surface area (Å²) in [5.74, 6) is 3.69. The molecule has 10 nitrogen and oxygen atoms in total. The number of methoxy groups -OCH3 is 2. The molecule has 0 fully saturated rings. The quantitative estimate of drug-likeness (QED) is 0.185. The molecule has 10 heteroatoms. The van der Waals surface area contributed by atoms with Crippen LogP contribution in [-0.4, -0.2) is 60.6 Å². The van der Waals surface area contributed by atoms with Gasteiger partial charge in [-0.2, -0.15) is 0 Å². The molecule has 0 amide bonds. The number of nitrogens with one attached hydrogen (secondary N) is 2. The minimum absolute atomic E-state index is 0.400. The van der Waals surface area contributed by atoms with Crippen LogP contribution in [0.2, 0.25) is 0 Å². The summed E-state index contributed by atoms with van der Waals surface area (Å²) >= 11 is 0. The molecule has 2 N–H and O–H groups in total. The molecule has 0 spiro atoms. The normalized spacial score (nSPS) is 10.8. The second-order valence-electron chi connectivity index (χ2n) is 8.72. The maximum Gasteiger partial charge on any atom is 0.157 e. The van der Waals surface area contributed by atoms with Crippen LogP contribution in [0.25, 0.3) is 22.6 Å². The van der Waals surface area contributed by atoms with Crippen LogP contribution in [0.15, 0.2) is 79.1 Å². The van der Waals surface area contributed by atoms with Crippen molar-refractivity contribution in [3.63, 3.8) is 0 Å². The first-order chi connectivity index (χ1) is 19.7. The van der Waals surface area contributed by atoms with Gasteiger partial charge in [0, 0.05) is 36.3 Å². The summed E-state index contributed by atoms with van der Waals surface area (Å²) in [6.45, 7) is 2.27. The van der Waals surface area contributed by atoms with Crippen LogP contribution in [0.3, 0.4) is 0 Å². The molecular formula is C30H31N5O5. The Labute approximate surface area is 232 Å². The molecule has 5 aromatic rings. The van der Waals surface area contributed by atoms with Gasteiger partial charge in [-0.3, -0.25) is 9.97 Å². The smallest absolute Gasteiger partial charge is 0.157 e. The number of imidazole rings is 1. The molecule has 0 atom stereocenters. The van der Waals surface area contributed by atoms with Gasteiger partial charge >= 0.3 is 0 Å². The number of aromatic nitrogens is 4. The molecule has 0 unspecified atom stereocenters. The average molecular weight is 542 g/mol. The molecule has 0 aliphatic heterocycles. The Hall–Kier alpha value is -4.83. The molecule has 0 saturated heterocycles. The van der Waals surface area contributed by atoms with Gasteiger partial charge in [0.05, 0.1) is 50.7 Å². The van der Waals surface area contributed by atoms with E-state index < -0.39 is 0 Å². The molecule has 0 saturated carbocycles. The largest absolute Gasteiger partial charge is 0.497 e. The minimum atomic E-state index is 0.400. The molecule has 5 rings (SSSR count). The second kappa shape index (κ2) is 13.3. The number of benzene rings is 2. The van der Waals surface area contributed by atoms with E-state index >= 15 is 0 Å². The number of anilines is 1. The summed E-state index contributed by atoms with van der Waals surface area (Å²) in [5.41, 5.74) is 4.28. The topological polar surface area (TPSA) is 113 Å². The van der Waals surface area contributed by atoms with Crippen molar-refractivity contribution in [3.8, 4) is 34.5 Å². The summed E-state index contributed by atoms with van der Waals surface area (Å²) in [6.07, 6.45) is 3.43. The van der Waals surface area contributed by atoms with Crippen molar-refractivity contribution in [1.29, 1.82) is 0 Å². The molecule has 3 aromatic heterocycles. The zero-order chi connectivity index (χ0) is 27.6. The van der Waals surface area contributed by atoms with Crippen molar-refractivity contribution >= 4 is 16.7 Å². The Morgan fingerprint density at radius 3 is 2.15 bits per heavy atom. The van der Waals surface area contributed by atoms with E-state index in [1.165, 1.54) is 0 Å². The lowest BCUT2D eigenvalue weighted by atomic mass is 10.3. The first kappa shape index (κ1) is 26.8. The fourth-order valence-corrected chi connectivity index (χ4v) is 3.95. The number of ether oxygens (including phenoxy) is 5. The molecule has 0 aliphatic carbocycles. The van der Waals surface area contributed by atoms with Gasteiger partial charge in [0.25, 0.3) is 0 Å². The standard InChI is InChI=1S/C30H31N5O5/c1-36-23-5-3-21(4-6-23)33-20-22-17-25(9-11-31-22)39-15-13-38-14-16-40-26-10-12-32-29(19-26)30-34-27-8-7-24(37-2)18-28(27)35-30/h3-12,17-19,33H,13-16,20H2,1-2H3,(H,34,35). The van der Waals surface area contributed by atoms with Crippen LogP contribution >= 0.6 is 0 Å². The third-order valence-electron chi connectivity index (χ3n) is 6.01. The average Bonchev–Trinajstić information content (AvgIpc) is 3.44. The van der Waals surface area contributed by atoms with Crippen molar-refractivity contribution < 1.29 is 23.7 Å². The van der Waals surface area contributed by atoms with Gasteiger partial charge in [0.1, 0.15) is 41.9 Å². The Balaban J connectivity index is 1.01. The predicted molar refractivity (Wildman–Crippen MR) is 152 cm³/mol. The summed E-state index contributed by atoms with van der Waals surface area (Å²) in [7, 11) is 3.29. The van der Waals surface area contributed by atoms with Crippen LogP contribution in [0.4, 0.5) is 5.69 Å². The van der Waals surface area contributed by atoms with Crippen molar-refractivity contribution in [1.82, 2.24) is 19.9 Å². The maximum atomic E-state index is 5.85. The lowest BCUT2D eigenvalue weighted by Gasteiger charge is -2.10. The van der Waals surface area contributed by atoms with Gasteiger partial charge in [-0.15, -0.1) is 0 Å². The highest BCUT2D eigenvalue weighted by Gasteiger charge is 2.09. The van der Waals surface area contributed by atoms with Gasteiger partial charge in [0.15, 0.2) is 5.82 Å². The minimum Gasteiger partial charge on any atom is -0.497 e. The summed E-state index contributed by atoms with van der Waals surface area (Å²) in [5, 5.41) is 3.34. The SMILES string of the molecule is COc1ccc(NCc2cc(OCCOCCOc3ccnc(-c4nc5ccc(OC)cc5[nH]4)c3)ccn2)cc1. The molecule has 0 bridgehead atoms. The van der Waals surface area contributed by atoms with E-state index in [0.717, 1.165) is 39.7 Å². The van der Waals surface area contributed by atoms with Crippen LogP contribution in [0.1, 0.15) is 5.69 Å². The van der Waals surface area contributed by atoms with E-state index in [4.69, 9.17) is 23.7 Å². The van der Waals surface area contributed by atoms with Gasteiger partial charge in [-0.05, 0) is 48.5 Å². The summed E-state index contributed by atoms with van der Waals surface area (Å²) < 4.78 is 27.8. The Bertz CT molecular complexity index is 1520. The third-order valence-corrected chi connectivity index (χ3v) is 6.01. The molecule has 2 aromatic carbocycles. The highest BCUT2D eigenvalue weighted by molar-refractivity contribution is 5.80. The van der Waals surface area contributed by atoms with Crippen LogP contribution in [-0.2, 0) is 11.3 Å². The lowest BCUT2D eigenvalue weighted by Crippen LogP contribution is -2.12. The number of nitrogens with zero attached hydrogens (tertiary/aromatic N) is 3. The fraction of sp³-hybridized carbons (Fsp3) is 0.233.